The Morgan fingerprint density at radius 3 is 2.71 bits per heavy atom. The van der Waals surface area contributed by atoms with Gasteiger partial charge in [-0.3, -0.25) is 4.90 Å². The fraction of sp³-hybridized carbons (Fsp3) is 0.412. The van der Waals surface area contributed by atoms with Crippen molar-refractivity contribution in [2.75, 3.05) is 32.8 Å². The highest BCUT2D eigenvalue weighted by molar-refractivity contribution is 7.89. The summed E-state index contributed by atoms with van der Waals surface area (Å²) in [5, 5.41) is 2.03. The summed E-state index contributed by atoms with van der Waals surface area (Å²) in [4.78, 5) is 3.77. The number of nitrogens with one attached hydrogen (secondary N) is 1. The normalized spacial score (nSPS) is 17.7. The maximum atomic E-state index is 12.6. The minimum atomic E-state index is -3.51. The molecule has 2 aromatic rings. The predicted octanol–water partition coefficient (Wildman–Crippen LogP) is 2.41. The molecule has 1 aromatic carbocycles. The van der Waals surface area contributed by atoms with Crippen LogP contribution in [0.2, 0.25) is 0 Å². The molecular weight excluding hydrogens is 344 g/mol. The van der Waals surface area contributed by atoms with Crippen molar-refractivity contribution in [1.82, 2.24) is 9.62 Å². The monoisotopic (exact) mass is 366 g/mol. The summed E-state index contributed by atoms with van der Waals surface area (Å²) in [6.45, 7) is 5.25. The lowest BCUT2D eigenvalue weighted by molar-refractivity contribution is 0.0179. The van der Waals surface area contributed by atoms with Crippen LogP contribution in [0.5, 0.6) is 0 Å². The summed E-state index contributed by atoms with van der Waals surface area (Å²) >= 11 is 1.66. The molecule has 1 atom stereocenters. The summed E-state index contributed by atoms with van der Waals surface area (Å²) < 4.78 is 33.4. The van der Waals surface area contributed by atoms with Gasteiger partial charge in [-0.1, -0.05) is 18.2 Å². The van der Waals surface area contributed by atoms with Crippen molar-refractivity contribution < 1.29 is 13.2 Å². The van der Waals surface area contributed by atoms with Gasteiger partial charge in [0.25, 0.3) is 0 Å². The molecule has 0 radical (unpaired) electrons. The Morgan fingerprint density at radius 1 is 1.25 bits per heavy atom. The Balaban J connectivity index is 1.75. The van der Waals surface area contributed by atoms with E-state index in [2.05, 4.69) is 15.7 Å². The van der Waals surface area contributed by atoms with Crippen LogP contribution in [0, 0.1) is 6.92 Å². The summed E-state index contributed by atoms with van der Waals surface area (Å²) in [5.74, 6) is 0. The molecule has 7 heteroatoms. The van der Waals surface area contributed by atoms with Crippen molar-refractivity contribution >= 4 is 21.4 Å². The van der Waals surface area contributed by atoms with Gasteiger partial charge in [0.15, 0.2) is 0 Å². The van der Waals surface area contributed by atoms with E-state index in [0.717, 1.165) is 18.7 Å². The van der Waals surface area contributed by atoms with Crippen molar-refractivity contribution in [3.63, 3.8) is 0 Å². The van der Waals surface area contributed by atoms with E-state index in [4.69, 9.17) is 4.74 Å². The van der Waals surface area contributed by atoms with Crippen LogP contribution in [-0.4, -0.2) is 46.2 Å². The first kappa shape index (κ1) is 17.6. The van der Waals surface area contributed by atoms with E-state index in [0.29, 0.717) is 24.7 Å². The number of benzene rings is 1. The molecule has 0 saturated carbocycles. The van der Waals surface area contributed by atoms with E-state index in [1.54, 1.807) is 29.5 Å². The lowest BCUT2D eigenvalue weighted by atomic mass is 10.2. The Labute approximate surface area is 147 Å². The minimum Gasteiger partial charge on any atom is -0.379 e. The molecule has 0 aliphatic carbocycles. The lowest BCUT2D eigenvalue weighted by Gasteiger charge is -2.34. The van der Waals surface area contributed by atoms with Gasteiger partial charge in [0, 0.05) is 24.5 Å². The van der Waals surface area contributed by atoms with E-state index >= 15 is 0 Å². The Kier molecular flexibility index (Phi) is 5.68. The first-order valence-corrected chi connectivity index (χ1v) is 10.3. The topological polar surface area (TPSA) is 58.6 Å². The van der Waals surface area contributed by atoms with Gasteiger partial charge in [-0.05, 0) is 36.1 Å². The SMILES string of the molecule is Cc1cccc(S(=O)(=O)NCC(c2cccs2)N2CCOCC2)c1. The molecule has 0 bridgehead atoms. The number of hydrogen-bond donors (Lipinski definition) is 1. The second kappa shape index (κ2) is 7.76. The van der Waals surface area contributed by atoms with Crippen LogP contribution in [0.1, 0.15) is 16.5 Å². The number of rotatable bonds is 6. The van der Waals surface area contributed by atoms with Gasteiger partial charge in [-0.25, -0.2) is 13.1 Å². The van der Waals surface area contributed by atoms with Crippen LogP contribution in [0.15, 0.2) is 46.7 Å². The number of nitrogens with zero attached hydrogens (tertiary/aromatic N) is 1. The van der Waals surface area contributed by atoms with Crippen molar-refractivity contribution in [3.8, 4) is 0 Å². The van der Waals surface area contributed by atoms with Gasteiger partial charge in [-0.15, -0.1) is 11.3 Å². The molecule has 2 heterocycles. The van der Waals surface area contributed by atoms with Gasteiger partial charge in [0.1, 0.15) is 0 Å². The number of thiophene rings is 1. The van der Waals surface area contributed by atoms with Gasteiger partial charge in [0.05, 0.1) is 24.2 Å². The average molecular weight is 367 g/mol. The fourth-order valence-corrected chi connectivity index (χ4v) is 4.84. The summed E-state index contributed by atoms with van der Waals surface area (Å²) in [6.07, 6.45) is 0. The van der Waals surface area contributed by atoms with E-state index in [1.165, 1.54) is 4.88 Å². The van der Waals surface area contributed by atoms with Crippen LogP contribution in [0.25, 0.3) is 0 Å². The third-order valence-corrected chi connectivity index (χ3v) is 6.52. The molecule has 1 unspecified atom stereocenters. The molecule has 0 amide bonds. The number of hydrogen-bond acceptors (Lipinski definition) is 5. The molecule has 1 N–H and O–H groups in total. The molecule has 0 spiro atoms. The highest BCUT2D eigenvalue weighted by Gasteiger charge is 2.25. The predicted molar refractivity (Wildman–Crippen MR) is 95.8 cm³/mol. The molecule has 1 fully saturated rings. The zero-order valence-corrected chi connectivity index (χ0v) is 15.3. The van der Waals surface area contributed by atoms with E-state index in [-0.39, 0.29) is 6.04 Å². The first-order chi connectivity index (χ1) is 11.6. The van der Waals surface area contributed by atoms with E-state index in [9.17, 15) is 8.42 Å². The first-order valence-electron chi connectivity index (χ1n) is 7.98. The third kappa shape index (κ3) is 4.23. The van der Waals surface area contributed by atoms with Crippen LogP contribution in [0.3, 0.4) is 0 Å². The van der Waals surface area contributed by atoms with Gasteiger partial charge >= 0.3 is 0 Å². The highest BCUT2D eigenvalue weighted by Crippen LogP contribution is 2.26. The second-order valence-electron chi connectivity index (χ2n) is 5.85. The van der Waals surface area contributed by atoms with E-state index < -0.39 is 10.0 Å². The quantitative estimate of drug-likeness (QED) is 0.853. The molecule has 5 nitrogen and oxygen atoms in total. The van der Waals surface area contributed by atoms with Gasteiger partial charge < -0.3 is 4.74 Å². The smallest absolute Gasteiger partial charge is 0.240 e. The Bertz CT molecular complexity index is 754. The maximum Gasteiger partial charge on any atom is 0.240 e. The molecule has 1 aliphatic rings. The van der Waals surface area contributed by atoms with Crippen molar-refractivity contribution in [1.29, 1.82) is 0 Å². The molecular formula is C17H22N2O3S2. The van der Waals surface area contributed by atoms with Crippen molar-refractivity contribution in [2.24, 2.45) is 0 Å². The molecule has 130 valence electrons. The average Bonchev–Trinajstić information content (AvgIpc) is 3.10. The van der Waals surface area contributed by atoms with Crippen LogP contribution >= 0.6 is 11.3 Å². The standard InChI is InChI=1S/C17H22N2O3S2/c1-14-4-2-5-15(12-14)24(20,21)18-13-16(17-6-3-11-23-17)19-7-9-22-10-8-19/h2-6,11-12,16,18H,7-10,13H2,1H3. The molecule has 3 rings (SSSR count). The zero-order valence-electron chi connectivity index (χ0n) is 13.6. The Morgan fingerprint density at radius 2 is 2.04 bits per heavy atom. The zero-order chi connectivity index (χ0) is 17.0. The minimum absolute atomic E-state index is 0.0356. The molecule has 1 aliphatic heterocycles. The summed E-state index contributed by atoms with van der Waals surface area (Å²) in [6, 6.07) is 11.1. The largest absolute Gasteiger partial charge is 0.379 e. The molecule has 1 aromatic heterocycles. The van der Waals surface area contributed by atoms with Crippen molar-refractivity contribution in [3.05, 3.63) is 52.2 Å². The molecule has 1 saturated heterocycles. The summed E-state index contributed by atoms with van der Waals surface area (Å²) in [7, 11) is -3.51. The number of sulfonamides is 1. The maximum absolute atomic E-state index is 12.6. The second-order valence-corrected chi connectivity index (χ2v) is 8.59. The molecule has 24 heavy (non-hydrogen) atoms. The number of morpholine rings is 1. The van der Waals surface area contributed by atoms with Crippen LogP contribution < -0.4 is 4.72 Å². The van der Waals surface area contributed by atoms with Crippen molar-refractivity contribution in [2.45, 2.75) is 17.9 Å². The summed E-state index contributed by atoms with van der Waals surface area (Å²) in [5.41, 5.74) is 0.931. The van der Waals surface area contributed by atoms with E-state index in [1.807, 2.05) is 24.4 Å². The third-order valence-electron chi connectivity index (χ3n) is 4.12. The van der Waals surface area contributed by atoms with Gasteiger partial charge in [-0.2, -0.15) is 0 Å². The van der Waals surface area contributed by atoms with Gasteiger partial charge in [0.2, 0.25) is 10.0 Å². The van der Waals surface area contributed by atoms with Crippen LogP contribution in [-0.2, 0) is 14.8 Å². The Hall–Kier alpha value is -1.25. The fourth-order valence-electron chi connectivity index (χ4n) is 2.83. The number of ether oxygens (including phenoxy) is 1. The van der Waals surface area contributed by atoms with Crippen LogP contribution in [0.4, 0.5) is 0 Å². The highest BCUT2D eigenvalue weighted by atomic mass is 32.2. The lowest BCUT2D eigenvalue weighted by Crippen LogP contribution is -2.43. The number of aryl methyl sites for hydroxylation is 1.